The number of rotatable bonds is 4. The maximum absolute atomic E-state index is 11.4. The SMILES string of the molecule is CC(C)(C)c1ccc(-c2ccc(CN3CCCCC3C(=O)O)o2)cc1. The number of nitrogens with zero attached hydrogens (tertiary/aromatic N) is 1. The van der Waals surface area contributed by atoms with Crippen LogP contribution in [0.3, 0.4) is 0 Å². The molecule has 4 heteroatoms. The number of carboxylic acids is 1. The smallest absolute Gasteiger partial charge is 0.320 e. The lowest BCUT2D eigenvalue weighted by Crippen LogP contribution is -2.43. The van der Waals surface area contributed by atoms with Crippen molar-refractivity contribution in [3.8, 4) is 11.3 Å². The van der Waals surface area contributed by atoms with E-state index >= 15 is 0 Å². The molecule has 1 aromatic carbocycles. The molecule has 1 aliphatic rings. The molecular formula is C21H27NO3. The predicted molar refractivity (Wildman–Crippen MR) is 98.5 cm³/mol. The first-order chi connectivity index (χ1) is 11.8. The quantitative estimate of drug-likeness (QED) is 0.877. The van der Waals surface area contributed by atoms with Gasteiger partial charge in [0.15, 0.2) is 0 Å². The van der Waals surface area contributed by atoms with Gasteiger partial charge in [0, 0.05) is 5.56 Å². The highest BCUT2D eigenvalue weighted by molar-refractivity contribution is 5.73. The molecule has 134 valence electrons. The topological polar surface area (TPSA) is 53.7 Å². The molecular weight excluding hydrogens is 314 g/mol. The maximum atomic E-state index is 11.4. The third-order valence-corrected chi connectivity index (χ3v) is 4.95. The van der Waals surface area contributed by atoms with E-state index in [1.54, 1.807) is 0 Å². The van der Waals surface area contributed by atoms with Crippen LogP contribution in [0.1, 0.15) is 51.4 Å². The van der Waals surface area contributed by atoms with Crippen LogP contribution in [0, 0.1) is 0 Å². The van der Waals surface area contributed by atoms with Crippen LogP contribution in [0.15, 0.2) is 40.8 Å². The number of hydrogen-bond acceptors (Lipinski definition) is 3. The van der Waals surface area contributed by atoms with E-state index in [0.717, 1.165) is 42.9 Å². The van der Waals surface area contributed by atoms with Gasteiger partial charge in [0.25, 0.3) is 0 Å². The summed E-state index contributed by atoms with van der Waals surface area (Å²) in [5.74, 6) is 0.923. The van der Waals surface area contributed by atoms with Gasteiger partial charge in [-0.15, -0.1) is 0 Å². The zero-order chi connectivity index (χ0) is 18.0. The summed E-state index contributed by atoms with van der Waals surface area (Å²) in [5, 5.41) is 9.39. The number of piperidine rings is 1. The second-order valence-electron chi connectivity index (χ2n) is 7.91. The maximum Gasteiger partial charge on any atom is 0.320 e. The summed E-state index contributed by atoms with van der Waals surface area (Å²) >= 11 is 0. The van der Waals surface area contributed by atoms with Crippen LogP contribution in [0.25, 0.3) is 11.3 Å². The second kappa shape index (κ2) is 7.04. The van der Waals surface area contributed by atoms with Crippen molar-refractivity contribution in [3.63, 3.8) is 0 Å². The van der Waals surface area contributed by atoms with Gasteiger partial charge in [-0.1, -0.05) is 51.5 Å². The van der Waals surface area contributed by atoms with Gasteiger partial charge in [0.05, 0.1) is 6.54 Å². The van der Waals surface area contributed by atoms with Crippen LogP contribution in [-0.2, 0) is 16.8 Å². The van der Waals surface area contributed by atoms with Crippen LogP contribution in [0.4, 0.5) is 0 Å². The Morgan fingerprint density at radius 1 is 1.16 bits per heavy atom. The van der Waals surface area contributed by atoms with E-state index in [2.05, 4.69) is 45.0 Å². The van der Waals surface area contributed by atoms with E-state index in [1.165, 1.54) is 5.56 Å². The molecule has 4 nitrogen and oxygen atoms in total. The Hall–Kier alpha value is -2.07. The lowest BCUT2D eigenvalue weighted by Gasteiger charge is -2.32. The number of benzene rings is 1. The minimum atomic E-state index is -0.732. The first kappa shape index (κ1) is 17.7. The Morgan fingerprint density at radius 3 is 2.52 bits per heavy atom. The normalized spacial score (nSPS) is 19.1. The number of hydrogen-bond donors (Lipinski definition) is 1. The summed E-state index contributed by atoms with van der Waals surface area (Å²) < 4.78 is 5.99. The Morgan fingerprint density at radius 2 is 1.88 bits per heavy atom. The molecule has 25 heavy (non-hydrogen) atoms. The van der Waals surface area contributed by atoms with E-state index in [-0.39, 0.29) is 5.41 Å². The van der Waals surface area contributed by atoms with Crippen LogP contribution in [-0.4, -0.2) is 28.6 Å². The summed E-state index contributed by atoms with van der Waals surface area (Å²) in [6.07, 6.45) is 2.75. The third kappa shape index (κ3) is 4.13. The molecule has 0 spiro atoms. The average molecular weight is 341 g/mol. The Kier molecular flexibility index (Phi) is 5.00. The molecule has 3 rings (SSSR count). The standard InChI is InChI=1S/C21H27NO3/c1-21(2,3)16-9-7-15(8-10-16)19-12-11-17(25-19)14-22-13-5-4-6-18(22)20(23)24/h7-12,18H,4-6,13-14H2,1-3H3,(H,23,24). The Labute approximate surface area is 149 Å². The van der Waals surface area contributed by atoms with Gasteiger partial charge >= 0.3 is 5.97 Å². The zero-order valence-corrected chi connectivity index (χ0v) is 15.3. The molecule has 0 bridgehead atoms. The van der Waals surface area contributed by atoms with E-state index < -0.39 is 12.0 Å². The average Bonchev–Trinajstić information content (AvgIpc) is 3.03. The largest absolute Gasteiger partial charge is 0.480 e. The van der Waals surface area contributed by atoms with Crippen molar-refractivity contribution >= 4 is 5.97 Å². The minimum absolute atomic E-state index is 0.132. The summed E-state index contributed by atoms with van der Waals surface area (Å²) in [4.78, 5) is 13.4. The van der Waals surface area contributed by atoms with E-state index in [4.69, 9.17) is 4.42 Å². The number of likely N-dealkylation sites (tertiary alicyclic amines) is 1. The predicted octanol–water partition coefficient (Wildman–Crippen LogP) is 4.68. The van der Waals surface area contributed by atoms with Gasteiger partial charge in [-0.2, -0.15) is 0 Å². The van der Waals surface area contributed by atoms with Crippen molar-refractivity contribution in [2.24, 2.45) is 0 Å². The molecule has 0 aliphatic carbocycles. The summed E-state index contributed by atoms with van der Waals surface area (Å²) in [6.45, 7) is 7.96. The Balaban J connectivity index is 1.73. The molecule has 1 aromatic heterocycles. The molecule has 1 fully saturated rings. The van der Waals surface area contributed by atoms with Crippen LogP contribution in [0.2, 0.25) is 0 Å². The highest BCUT2D eigenvalue weighted by Gasteiger charge is 2.29. The minimum Gasteiger partial charge on any atom is -0.480 e. The monoisotopic (exact) mass is 341 g/mol. The fourth-order valence-corrected chi connectivity index (χ4v) is 3.41. The zero-order valence-electron chi connectivity index (χ0n) is 15.3. The number of carbonyl (C=O) groups is 1. The fourth-order valence-electron chi connectivity index (χ4n) is 3.41. The number of aliphatic carboxylic acids is 1. The van der Waals surface area contributed by atoms with Crippen molar-refractivity contribution in [1.82, 2.24) is 4.90 Å². The van der Waals surface area contributed by atoms with Gasteiger partial charge in [-0.05, 0) is 42.5 Å². The van der Waals surface area contributed by atoms with Gasteiger partial charge in [0.2, 0.25) is 0 Å². The molecule has 1 unspecified atom stereocenters. The fraction of sp³-hybridized carbons (Fsp3) is 0.476. The highest BCUT2D eigenvalue weighted by Crippen LogP contribution is 2.28. The molecule has 1 atom stereocenters. The number of carboxylic acid groups (broad SMARTS) is 1. The first-order valence-corrected chi connectivity index (χ1v) is 9.01. The lowest BCUT2D eigenvalue weighted by atomic mass is 9.86. The van der Waals surface area contributed by atoms with E-state index in [1.807, 2.05) is 17.0 Å². The number of furan rings is 1. The summed E-state index contributed by atoms with van der Waals surface area (Å²) in [5.41, 5.74) is 2.47. The molecule has 0 amide bonds. The van der Waals surface area contributed by atoms with Gasteiger partial charge in [-0.3, -0.25) is 9.69 Å². The second-order valence-corrected chi connectivity index (χ2v) is 7.91. The third-order valence-electron chi connectivity index (χ3n) is 4.95. The van der Waals surface area contributed by atoms with Gasteiger partial charge in [0.1, 0.15) is 17.6 Å². The van der Waals surface area contributed by atoms with E-state index in [9.17, 15) is 9.90 Å². The molecule has 1 N–H and O–H groups in total. The van der Waals surface area contributed by atoms with E-state index in [0.29, 0.717) is 6.54 Å². The van der Waals surface area contributed by atoms with Gasteiger partial charge < -0.3 is 9.52 Å². The summed E-state index contributed by atoms with van der Waals surface area (Å²) in [6, 6.07) is 12.0. The molecule has 0 radical (unpaired) electrons. The molecule has 0 saturated carbocycles. The van der Waals surface area contributed by atoms with Crippen LogP contribution < -0.4 is 0 Å². The van der Waals surface area contributed by atoms with Crippen LogP contribution in [0.5, 0.6) is 0 Å². The summed E-state index contributed by atoms with van der Waals surface area (Å²) in [7, 11) is 0. The van der Waals surface area contributed by atoms with Crippen LogP contribution >= 0.6 is 0 Å². The molecule has 2 aromatic rings. The molecule has 2 heterocycles. The van der Waals surface area contributed by atoms with Crippen molar-refractivity contribution in [1.29, 1.82) is 0 Å². The molecule has 1 aliphatic heterocycles. The lowest BCUT2D eigenvalue weighted by molar-refractivity contribution is -0.145. The molecule has 1 saturated heterocycles. The Bertz CT molecular complexity index is 724. The van der Waals surface area contributed by atoms with Gasteiger partial charge in [-0.25, -0.2) is 0 Å². The highest BCUT2D eigenvalue weighted by atomic mass is 16.4. The van der Waals surface area contributed by atoms with Crippen molar-refractivity contribution in [2.75, 3.05) is 6.54 Å². The van der Waals surface area contributed by atoms with Crippen molar-refractivity contribution in [2.45, 2.75) is 58.0 Å². The van der Waals surface area contributed by atoms with Crippen molar-refractivity contribution < 1.29 is 14.3 Å². The van der Waals surface area contributed by atoms with Crippen molar-refractivity contribution in [3.05, 3.63) is 47.7 Å². The first-order valence-electron chi connectivity index (χ1n) is 9.01.